The van der Waals surface area contributed by atoms with Crippen LogP contribution in [0.5, 0.6) is 0 Å². The largest absolute Gasteiger partial charge is 0.383 e. The number of hydrogen-bond acceptors (Lipinski definition) is 5. The van der Waals surface area contributed by atoms with Crippen molar-refractivity contribution in [1.29, 1.82) is 0 Å². The summed E-state index contributed by atoms with van der Waals surface area (Å²) in [6, 6.07) is 5.04. The van der Waals surface area contributed by atoms with E-state index in [9.17, 15) is 4.39 Å². The first-order valence-corrected chi connectivity index (χ1v) is 7.46. The van der Waals surface area contributed by atoms with Crippen molar-refractivity contribution in [2.75, 3.05) is 20.3 Å². The second kappa shape index (κ2) is 8.07. The molecule has 0 fully saturated rings. The topological polar surface area (TPSA) is 47.0 Å². The third-order valence-corrected chi connectivity index (χ3v) is 3.81. The summed E-state index contributed by atoms with van der Waals surface area (Å²) in [6.07, 6.45) is 3.51. The lowest BCUT2D eigenvalue weighted by Gasteiger charge is -2.10. The van der Waals surface area contributed by atoms with Crippen LogP contribution in [-0.4, -0.2) is 30.2 Å². The minimum Gasteiger partial charge on any atom is -0.383 e. The van der Waals surface area contributed by atoms with Gasteiger partial charge in [0.25, 0.3) is 0 Å². The fourth-order valence-corrected chi connectivity index (χ4v) is 2.57. The molecule has 21 heavy (non-hydrogen) atoms. The van der Waals surface area contributed by atoms with Gasteiger partial charge in [-0.25, -0.2) is 14.4 Å². The molecule has 112 valence electrons. The van der Waals surface area contributed by atoms with Gasteiger partial charge in [0.15, 0.2) is 5.16 Å². The van der Waals surface area contributed by atoms with Crippen LogP contribution in [0, 0.1) is 12.7 Å². The van der Waals surface area contributed by atoms with Gasteiger partial charge in [-0.2, -0.15) is 0 Å². The molecule has 1 aromatic carbocycles. The quantitative estimate of drug-likeness (QED) is 0.629. The van der Waals surface area contributed by atoms with Crippen LogP contribution in [0.2, 0.25) is 0 Å². The van der Waals surface area contributed by atoms with Crippen LogP contribution < -0.4 is 5.32 Å². The van der Waals surface area contributed by atoms with Crippen LogP contribution in [0.1, 0.15) is 11.1 Å². The molecule has 0 spiro atoms. The highest BCUT2D eigenvalue weighted by molar-refractivity contribution is 7.99. The van der Waals surface area contributed by atoms with E-state index in [1.807, 2.05) is 13.0 Å². The van der Waals surface area contributed by atoms with Crippen molar-refractivity contribution in [3.05, 3.63) is 47.5 Å². The smallest absolute Gasteiger partial charge is 0.192 e. The van der Waals surface area contributed by atoms with Gasteiger partial charge in [0.05, 0.1) is 6.61 Å². The number of aromatic nitrogens is 2. The maximum atomic E-state index is 14.0. The number of rotatable bonds is 7. The molecular weight excluding hydrogens is 289 g/mol. The number of methoxy groups -OCH3 is 1. The van der Waals surface area contributed by atoms with Crippen molar-refractivity contribution in [3.8, 4) is 0 Å². The van der Waals surface area contributed by atoms with E-state index in [-0.39, 0.29) is 5.82 Å². The van der Waals surface area contributed by atoms with E-state index in [0.717, 1.165) is 10.5 Å². The normalized spacial score (nSPS) is 10.8. The number of halogens is 1. The Bertz CT molecular complexity index is 578. The first-order valence-electron chi connectivity index (χ1n) is 6.64. The van der Waals surface area contributed by atoms with E-state index in [4.69, 9.17) is 4.74 Å². The van der Waals surface area contributed by atoms with Crippen molar-refractivity contribution >= 4 is 11.8 Å². The summed E-state index contributed by atoms with van der Waals surface area (Å²) in [5.41, 5.74) is 1.63. The second-order valence-electron chi connectivity index (χ2n) is 4.53. The molecule has 0 saturated heterocycles. The molecule has 1 aromatic heterocycles. The number of nitrogens with zero attached hydrogens (tertiary/aromatic N) is 2. The van der Waals surface area contributed by atoms with E-state index < -0.39 is 0 Å². The first kappa shape index (κ1) is 15.9. The van der Waals surface area contributed by atoms with E-state index in [1.54, 1.807) is 25.6 Å². The lowest BCUT2D eigenvalue weighted by molar-refractivity contribution is 0.199. The van der Waals surface area contributed by atoms with Gasteiger partial charge in [-0.15, -0.1) is 0 Å². The second-order valence-corrected chi connectivity index (χ2v) is 5.54. The standard InChI is InChI=1S/C15H18FN3OS/c1-11-8-18-15(19-9-11)21-14-5-3-4-13(16)12(14)10-17-6-7-20-2/h3-5,8-9,17H,6-7,10H2,1-2H3. The molecular formula is C15H18FN3OS. The Kier molecular flexibility index (Phi) is 6.10. The van der Waals surface area contributed by atoms with E-state index in [1.165, 1.54) is 17.8 Å². The van der Waals surface area contributed by atoms with Crippen molar-refractivity contribution in [3.63, 3.8) is 0 Å². The van der Waals surface area contributed by atoms with Crippen molar-refractivity contribution in [2.24, 2.45) is 0 Å². The summed E-state index contributed by atoms with van der Waals surface area (Å²) in [5, 5.41) is 3.77. The molecule has 1 N–H and O–H groups in total. The van der Waals surface area contributed by atoms with Crippen molar-refractivity contribution in [2.45, 2.75) is 23.5 Å². The lowest BCUT2D eigenvalue weighted by Crippen LogP contribution is -2.19. The minimum absolute atomic E-state index is 0.225. The maximum Gasteiger partial charge on any atom is 0.192 e. The van der Waals surface area contributed by atoms with Gasteiger partial charge in [0, 0.05) is 43.1 Å². The predicted molar refractivity (Wildman–Crippen MR) is 80.9 cm³/mol. The zero-order valence-electron chi connectivity index (χ0n) is 12.1. The van der Waals surface area contributed by atoms with Crippen LogP contribution in [0.15, 0.2) is 40.6 Å². The summed E-state index contributed by atoms with van der Waals surface area (Å²) in [4.78, 5) is 9.31. The third-order valence-electron chi connectivity index (χ3n) is 2.82. The predicted octanol–water partition coefficient (Wildman–Crippen LogP) is 2.81. The molecule has 0 unspecified atom stereocenters. The summed E-state index contributed by atoms with van der Waals surface area (Å²) >= 11 is 1.37. The molecule has 0 amide bonds. The van der Waals surface area contributed by atoms with Crippen LogP contribution in [0.3, 0.4) is 0 Å². The molecule has 2 aromatic rings. The average molecular weight is 307 g/mol. The number of aryl methyl sites for hydroxylation is 1. The zero-order chi connectivity index (χ0) is 15.1. The minimum atomic E-state index is -0.225. The van der Waals surface area contributed by atoms with Gasteiger partial charge in [-0.1, -0.05) is 6.07 Å². The summed E-state index contributed by atoms with van der Waals surface area (Å²) in [5.74, 6) is -0.225. The van der Waals surface area contributed by atoms with Gasteiger partial charge >= 0.3 is 0 Å². The average Bonchev–Trinajstić information content (AvgIpc) is 2.48. The highest BCUT2D eigenvalue weighted by Gasteiger charge is 2.10. The van der Waals surface area contributed by atoms with Crippen LogP contribution in [0.4, 0.5) is 4.39 Å². The van der Waals surface area contributed by atoms with E-state index >= 15 is 0 Å². The number of ether oxygens (including phenoxy) is 1. The SMILES string of the molecule is COCCNCc1c(F)cccc1Sc1ncc(C)cn1. The molecule has 0 aliphatic rings. The molecule has 0 radical (unpaired) electrons. The summed E-state index contributed by atoms with van der Waals surface area (Å²) in [6.45, 7) is 3.65. The zero-order valence-corrected chi connectivity index (χ0v) is 12.9. The van der Waals surface area contributed by atoms with Crippen LogP contribution in [0.25, 0.3) is 0 Å². The van der Waals surface area contributed by atoms with Crippen molar-refractivity contribution < 1.29 is 9.13 Å². The van der Waals surface area contributed by atoms with Crippen molar-refractivity contribution in [1.82, 2.24) is 15.3 Å². The Morgan fingerprint density at radius 3 is 2.76 bits per heavy atom. The Morgan fingerprint density at radius 1 is 1.29 bits per heavy atom. The molecule has 0 aliphatic carbocycles. The molecule has 0 bridgehead atoms. The highest BCUT2D eigenvalue weighted by atomic mass is 32.2. The van der Waals surface area contributed by atoms with Gasteiger partial charge < -0.3 is 10.1 Å². The molecule has 0 aliphatic heterocycles. The summed E-state index contributed by atoms with van der Waals surface area (Å²) < 4.78 is 19.0. The van der Waals surface area contributed by atoms with Gasteiger partial charge in [-0.05, 0) is 36.4 Å². The number of hydrogen-bond donors (Lipinski definition) is 1. The third kappa shape index (κ3) is 4.77. The highest BCUT2D eigenvalue weighted by Crippen LogP contribution is 2.29. The van der Waals surface area contributed by atoms with Gasteiger partial charge in [0.2, 0.25) is 0 Å². The number of nitrogens with one attached hydrogen (secondary N) is 1. The number of benzene rings is 1. The fraction of sp³-hybridized carbons (Fsp3) is 0.333. The van der Waals surface area contributed by atoms with Crippen LogP contribution in [-0.2, 0) is 11.3 Å². The first-order chi connectivity index (χ1) is 10.2. The monoisotopic (exact) mass is 307 g/mol. The Balaban J connectivity index is 2.11. The van der Waals surface area contributed by atoms with E-state index in [2.05, 4.69) is 15.3 Å². The van der Waals surface area contributed by atoms with Gasteiger partial charge in [-0.3, -0.25) is 0 Å². The maximum absolute atomic E-state index is 14.0. The Labute approximate surface area is 128 Å². The molecule has 1 heterocycles. The van der Waals surface area contributed by atoms with Crippen LogP contribution >= 0.6 is 11.8 Å². The fourth-order valence-electron chi connectivity index (χ4n) is 1.73. The molecule has 4 nitrogen and oxygen atoms in total. The molecule has 6 heteroatoms. The molecule has 0 atom stereocenters. The van der Waals surface area contributed by atoms with Gasteiger partial charge in [0.1, 0.15) is 5.82 Å². The molecule has 2 rings (SSSR count). The lowest BCUT2D eigenvalue weighted by atomic mass is 10.2. The Morgan fingerprint density at radius 2 is 2.05 bits per heavy atom. The Hall–Kier alpha value is -1.50. The van der Waals surface area contributed by atoms with E-state index in [0.29, 0.717) is 30.4 Å². The molecule has 0 saturated carbocycles. The summed E-state index contributed by atoms with van der Waals surface area (Å²) in [7, 11) is 1.64.